The Morgan fingerprint density at radius 1 is 1.18 bits per heavy atom. The minimum atomic E-state index is -0.370. The molecular formula is C11H6BrFN4. The molecule has 0 aromatic carbocycles. The second-order valence-electron chi connectivity index (χ2n) is 3.47. The number of H-pyrrole nitrogens is 1. The molecule has 3 heterocycles. The SMILES string of the molecule is Fc1ccc(-c2nc3ncc(Br)cc3[nH]2)nc1. The van der Waals surface area contributed by atoms with E-state index in [9.17, 15) is 4.39 Å². The molecule has 0 unspecified atom stereocenters. The van der Waals surface area contributed by atoms with Gasteiger partial charge in [-0.2, -0.15) is 0 Å². The predicted molar refractivity (Wildman–Crippen MR) is 64.8 cm³/mol. The molecule has 0 fully saturated rings. The Morgan fingerprint density at radius 3 is 2.82 bits per heavy atom. The monoisotopic (exact) mass is 292 g/mol. The summed E-state index contributed by atoms with van der Waals surface area (Å²) < 4.78 is 13.6. The Hall–Kier alpha value is -1.82. The van der Waals surface area contributed by atoms with Gasteiger partial charge < -0.3 is 4.98 Å². The summed E-state index contributed by atoms with van der Waals surface area (Å²) in [5.41, 5.74) is 2.00. The Morgan fingerprint density at radius 2 is 2.06 bits per heavy atom. The molecule has 17 heavy (non-hydrogen) atoms. The zero-order chi connectivity index (χ0) is 11.8. The molecule has 0 bridgehead atoms. The summed E-state index contributed by atoms with van der Waals surface area (Å²) in [5.74, 6) is 0.205. The van der Waals surface area contributed by atoms with Gasteiger partial charge in [-0.15, -0.1) is 0 Å². The van der Waals surface area contributed by atoms with E-state index in [1.54, 1.807) is 12.3 Å². The zero-order valence-corrected chi connectivity index (χ0v) is 10.1. The largest absolute Gasteiger partial charge is 0.335 e. The minimum absolute atomic E-state index is 0.370. The molecule has 3 aromatic heterocycles. The van der Waals surface area contributed by atoms with Gasteiger partial charge in [-0.3, -0.25) is 0 Å². The van der Waals surface area contributed by atoms with Crippen LogP contribution in [0.2, 0.25) is 0 Å². The molecular weight excluding hydrogens is 287 g/mol. The van der Waals surface area contributed by atoms with E-state index in [0.29, 0.717) is 17.2 Å². The van der Waals surface area contributed by atoms with E-state index < -0.39 is 0 Å². The van der Waals surface area contributed by atoms with Crippen LogP contribution in [0, 0.1) is 5.82 Å². The number of aromatic nitrogens is 4. The van der Waals surface area contributed by atoms with Crippen LogP contribution in [0.4, 0.5) is 4.39 Å². The predicted octanol–water partition coefficient (Wildman–Crippen LogP) is 2.92. The van der Waals surface area contributed by atoms with Crippen molar-refractivity contribution in [3.05, 3.63) is 40.9 Å². The van der Waals surface area contributed by atoms with E-state index in [4.69, 9.17) is 0 Å². The van der Waals surface area contributed by atoms with Crippen molar-refractivity contribution in [3.8, 4) is 11.5 Å². The zero-order valence-electron chi connectivity index (χ0n) is 8.48. The second kappa shape index (κ2) is 3.89. The third-order valence-corrected chi connectivity index (χ3v) is 2.71. The number of aromatic amines is 1. The lowest BCUT2D eigenvalue weighted by Crippen LogP contribution is -1.86. The molecule has 0 saturated carbocycles. The number of halogens is 2. The molecule has 0 spiro atoms. The Labute approximate surface area is 104 Å². The first kappa shape index (κ1) is 10.3. The van der Waals surface area contributed by atoms with E-state index in [2.05, 4.69) is 35.9 Å². The number of hydrogen-bond acceptors (Lipinski definition) is 3. The maximum atomic E-state index is 12.7. The molecule has 84 valence electrons. The highest BCUT2D eigenvalue weighted by atomic mass is 79.9. The van der Waals surface area contributed by atoms with Crippen LogP contribution in [-0.4, -0.2) is 19.9 Å². The Bertz CT molecular complexity index is 678. The van der Waals surface area contributed by atoms with Crippen LogP contribution in [0.5, 0.6) is 0 Å². The summed E-state index contributed by atoms with van der Waals surface area (Å²) >= 11 is 3.33. The normalized spacial score (nSPS) is 10.9. The standard InChI is InChI=1S/C11H6BrFN4/c12-6-3-9-10(15-4-6)17-11(16-9)8-2-1-7(13)5-14-8/h1-5H,(H,15,16,17). The van der Waals surface area contributed by atoms with Crippen LogP contribution in [-0.2, 0) is 0 Å². The molecule has 3 aromatic rings. The highest BCUT2D eigenvalue weighted by Crippen LogP contribution is 2.19. The van der Waals surface area contributed by atoms with Crippen LogP contribution in [0.3, 0.4) is 0 Å². The lowest BCUT2D eigenvalue weighted by Gasteiger charge is -1.93. The molecule has 0 aliphatic carbocycles. The first-order valence-electron chi connectivity index (χ1n) is 4.85. The number of fused-ring (bicyclic) bond motifs is 1. The second-order valence-corrected chi connectivity index (χ2v) is 4.39. The molecule has 6 heteroatoms. The quantitative estimate of drug-likeness (QED) is 0.750. The topological polar surface area (TPSA) is 54.5 Å². The van der Waals surface area contributed by atoms with Crippen molar-refractivity contribution in [2.75, 3.05) is 0 Å². The van der Waals surface area contributed by atoms with Crippen molar-refractivity contribution in [1.29, 1.82) is 0 Å². The maximum Gasteiger partial charge on any atom is 0.178 e. The van der Waals surface area contributed by atoms with Gasteiger partial charge in [-0.1, -0.05) is 0 Å². The fourth-order valence-corrected chi connectivity index (χ4v) is 1.84. The Kier molecular flexibility index (Phi) is 2.36. The summed E-state index contributed by atoms with van der Waals surface area (Å²) in [6.45, 7) is 0. The van der Waals surface area contributed by atoms with Crippen LogP contribution < -0.4 is 0 Å². The van der Waals surface area contributed by atoms with Gasteiger partial charge in [0.05, 0.1) is 11.7 Å². The minimum Gasteiger partial charge on any atom is -0.335 e. The summed E-state index contributed by atoms with van der Waals surface area (Å²) in [7, 11) is 0. The maximum absolute atomic E-state index is 12.7. The number of nitrogens with zero attached hydrogens (tertiary/aromatic N) is 3. The van der Waals surface area contributed by atoms with E-state index >= 15 is 0 Å². The number of rotatable bonds is 1. The number of hydrogen-bond donors (Lipinski definition) is 1. The molecule has 1 N–H and O–H groups in total. The lowest BCUT2D eigenvalue weighted by atomic mass is 10.3. The van der Waals surface area contributed by atoms with Crippen molar-refractivity contribution < 1.29 is 4.39 Å². The highest BCUT2D eigenvalue weighted by molar-refractivity contribution is 9.10. The van der Waals surface area contributed by atoms with Gasteiger partial charge >= 0.3 is 0 Å². The fourth-order valence-electron chi connectivity index (χ4n) is 1.51. The van der Waals surface area contributed by atoms with Gasteiger partial charge in [-0.05, 0) is 34.1 Å². The van der Waals surface area contributed by atoms with E-state index in [1.807, 2.05) is 6.07 Å². The fraction of sp³-hybridized carbons (Fsp3) is 0. The van der Waals surface area contributed by atoms with Gasteiger partial charge in [-0.25, -0.2) is 19.3 Å². The van der Waals surface area contributed by atoms with Crippen molar-refractivity contribution in [1.82, 2.24) is 19.9 Å². The van der Waals surface area contributed by atoms with Gasteiger partial charge in [0.25, 0.3) is 0 Å². The smallest absolute Gasteiger partial charge is 0.178 e. The molecule has 0 radical (unpaired) electrons. The van der Waals surface area contributed by atoms with Crippen LogP contribution in [0.1, 0.15) is 0 Å². The third kappa shape index (κ3) is 1.91. The Balaban J connectivity index is 2.14. The van der Waals surface area contributed by atoms with Gasteiger partial charge in [0.2, 0.25) is 0 Å². The molecule has 3 rings (SSSR count). The summed E-state index contributed by atoms with van der Waals surface area (Å²) in [6, 6.07) is 4.79. The molecule has 0 atom stereocenters. The van der Waals surface area contributed by atoms with Crippen molar-refractivity contribution >= 4 is 27.1 Å². The average Bonchev–Trinajstić information content (AvgIpc) is 2.72. The van der Waals surface area contributed by atoms with Crippen LogP contribution in [0.15, 0.2) is 35.1 Å². The van der Waals surface area contributed by atoms with Crippen molar-refractivity contribution in [3.63, 3.8) is 0 Å². The van der Waals surface area contributed by atoms with Gasteiger partial charge in [0.15, 0.2) is 11.5 Å². The summed E-state index contributed by atoms with van der Waals surface area (Å²) in [6.07, 6.45) is 2.83. The molecule has 0 saturated heterocycles. The van der Waals surface area contributed by atoms with Gasteiger partial charge in [0, 0.05) is 10.7 Å². The van der Waals surface area contributed by atoms with Crippen molar-refractivity contribution in [2.45, 2.75) is 0 Å². The van der Waals surface area contributed by atoms with E-state index in [1.165, 1.54) is 6.07 Å². The first-order valence-corrected chi connectivity index (χ1v) is 5.65. The molecule has 0 aliphatic rings. The van der Waals surface area contributed by atoms with E-state index in [0.717, 1.165) is 16.2 Å². The third-order valence-electron chi connectivity index (χ3n) is 2.27. The number of imidazole rings is 1. The molecule has 4 nitrogen and oxygen atoms in total. The van der Waals surface area contributed by atoms with E-state index in [-0.39, 0.29) is 5.82 Å². The summed E-state index contributed by atoms with van der Waals surface area (Å²) in [4.78, 5) is 15.5. The number of pyridine rings is 2. The van der Waals surface area contributed by atoms with Crippen LogP contribution >= 0.6 is 15.9 Å². The van der Waals surface area contributed by atoms with Gasteiger partial charge in [0.1, 0.15) is 11.5 Å². The first-order chi connectivity index (χ1) is 8.22. The number of nitrogens with one attached hydrogen (secondary N) is 1. The van der Waals surface area contributed by atoms with Crippen LogP contribution in [0.25, 0.3) is 22.7 Å². The average molecular weight is 293 g/mol. The van der Waals surface area contributed by atoms with Crippen molar-refractivity contribution in [2.24, 2.45) is 0 Å². The highest BCUT2D eigenvalue weighted by Gasteiger charge is 2.07. The summed E-state index contributed by atoms with van der Waals surface area (Å²) in [5, 5.41) is 0. The lowest BCUT2D eigenvalue weighted by molar-refractivity contribution is 0.621. The molecule has 0 amide bonds. The molecule has 0 aliphatic heterocycles.